The highest BCUT2D eigenvalue weighted by molar-refractivity contribution is 6.42. The molecule has 0 aliphatic carbocycles. The molecule has 1 amide bonds. The van der Waals surface area contributed by atoms with E-state index < -0.39 is 0 Å². The predicted molar refractivity (Wildman–Crippen MR) is 132 cm³/mol. The molecular formula is C24H31Cl3N2O3. The molecule has 8 heteroatoms. The Labute approximate surface area is 207 Å². The highest BCUT2D eigenvalue weighted by Gasteiger charge is 2.29. The second-order valence-corrected chi connectivity index (χ2v) is 8.70. The Morgan fingerprint density at radius 1 is 1.16 bits per heavy atom. The van der Waals surface area contributed by atoms with Crippen LogP contribution in [0.15, 0.2) is 48.5 Å². The number of nitrogens with zero attached hydrogens (tertiary/aromatic N) is 2. The lowest BCUT2D eigenvalue weighted by atomic mass is 10.0. The van der Waals surface area contributed by atoms with Crippen LogP contribution in [0.4, 0.5) is 0 Å². The minimum atomic E-state index is -0.0470. The van der Waals surface area contributed by atoms with Gasteiger partial charge in [-0.25, -0.2) is 0 Å². The van der Waals surface area contributed by atoms with Gasteiger partial charge in [0.25, 0.3) is 0 Å². The highest BCUT2D eigenvalue weighted by Crippen LogP contribution is 2.26. The van der Waals surface area contributed by atoms with E-state index in [0.29, 0.717) is 23.3 Å². The van der Waals surface area contributed by atoms with Gasteiger partial charge in [-0.3, -0.25) is 9.69 Å². The van der Waals surface area contributed by atoms with Gasteiger partial charge in [0, 0.05) is 33.8 Å². The highest BCUT2D eigenvalue weighted by atomic mass is 35.5. The van der Waals surface area contributed by atoms with Crippen LogP contribution in [0.5, 0.6) is 0 Å². The van der Waals surface area contributed by atoms with Gasteiger partial charge >= 0.3 is 0 Å². The summed E-state index contributed by atoms with van der Waals surface area (Å²) in [6.07, 6.45) is 1.48. The van der Waals surface area contributed by atoms with Gasteiger partial charge in [-0.15, -0.1) is 12.4 Å². The summed E-state index contributed by atoms with van der Waals surface area (Å²) in [5, 5.41) is 0.954. The van der Waals surface area contributed by atoms with Crippen molar-refractivity contribution < 1.29 is 14.3 Å². The smallest absolute Gasteiger partial charge is 0.227 e. The zero-order valence-corrected chi connectivity index (χ0v) is 20.8. The third kappa shape index (κ3) is 7.62. The summed E-state index contributed by atoms with van der Waals surface area (Å²) >= 11 is 12.1. The molecule has 0 saturated carbocycles. The van der Waals surface area contributed by atoms with Crippen LogP contribution >= 0.6 is 35.6 Å². The first-order chi connectivity index (χ1) is 15.0. The van der Waals surface area contributed by atoms with Gasteiger partial charge < -0.3 is 14.4 Å². The van der Waals surface area contributed by atoms with E-state index in [1.165, 1.54) is 0 Å². The first kappa shape index (κ1) is 26.9. The quantitative estimate of drug-likeness (QED) is 0.435. The Morgan fingerprint density at radius 2 is 1.91 bits per heavy atom. The number of amides is 1. The number of carbonyl (C=O) groups is 1. The largest absolute Gasteiger partial charge is 0.382 e. The molecule has 1 aliphatic rings. The molecule has 0 spiro atoms. The molecule has 176 valence electrons. The summed E-state index contributed by atoms with van der Waals surface area (Å²) in [5.74, 6) is 0.0410. The van der Waals surface area contributed by atoms with Crippen LogP contribution in [0.25, 0.3) is 0 Å². The molecule has 1 aliphatic heterocycles. The Bertz CT molecular complexity index is 854. The lowest BCUT2D eigenvalue weighted by Gasteiger charge is -2.32. The maximum atomic E-state index is 13.1. The summed E-state index contributed by atoms with van der Waals surface area (Å²) in [6.45, 7) is 3.80. The van der Waals surface area contributed by atoms with Gasteiger partial charge in [-0.2, -0.15) is 0 Å². The van der Waals surface area contributed by atoms with Gasteiger partial charge in [0.15, 0.2) is 0 Å². The SMILES string of the molecule is COCCO[C@H]1CCN(C[C@H](c2ccccc2)N(C)C(=O)Cc2ccc(Cl)c(Cl)c2)C1.Cl. The van der Waals surface area contributed by atoms with E-state index in [0.717, 1.165) is 37.2 Å². The molecule has 0 bridgehead atoms. The van der Waals surface area contributed by atoms with Crippen LogP contribution in [0, 0.1) is 0 Å². The molecule has 0 N–H and O–H groups in total. The number of likely N-dealkylation sites (N-methyl/N-ethyl adjacent to an activating group) is 1. The monoisotopic (exact) mass is 500 g/mol. The summed E-state index contributed by atoms with van der Waals surface area (Å²) in [6, 6.07) is 15.5. The number of rotatable bonds is 10. The minimum Gasteiger partial charge on any atom is -0.382 e. The summed E-state index contributed by atoms with van der Waals surface area (Å²) in [4.78, 5) is 17.3. The molecule has 1 saturated heterocycles. The number of benzene rings is 2. The Hall–Kier alpha value is -1.34. The fourth-order valence-corrected chi connectivity index (χ4v) is 4.21. The first-order valence-corrected chi connectivity index (χ1v) is 11.3. The zero-order valence-electron chi connectivity index (χ0n) is 18.5. The van der Waals surface area contributed by atoms with E-state index in [9.17, 15) is 4.79 Å². The molecule has 0 unspecified atom stereocenters. The molecule has 2 atom stereocenters. The minimum absolute atomic E-state index is 0. The third-order valence-corrected chi connectivity index (χ3v) is 6.42. The Kier molecular flexibility index (Phi) is 11.3. The maximum Gasteiger partial charge on any atom is 0.227 e. The topological polar surface area (TPSA) is 42.0 Å². The third-order valence-electron chi connectivity index (χ3n) is 5.69. The molecule has 1 fully saturated rings. The Morgan fingerprint density at radius 3 is 2.59 bits per heavy atom. The summed E-state index contributed by atoms with van der Waals surface area (Å²) < 4.78 is 11.0. The molecule has 0 aromatic heterocycles. The number of halogens is 3. The van der Waals surface area contributed by atoms with Crippen molar-refractivity contribution in [3.63, 3.8) is 0 Å². The van der Waals surface area contributed by atoms with E-state index in [4.69, 9.17) is 32.7 Å². The second-order valence-electron chi connectivity index (χ2n) is 7.89. The van der Waals surface area contributed by atoms with Crippen molar-refractivity contribution in [1.29, 1.82) is 0 Å². The number of hydrogen-bond donors (Lipinski definition) is 0. The summed E-state index contributed by atoms with van der Waals surface area (Å²) in [5.41, 5.74) is 1.97. The fraction of sp³-hybridized carbons (Fsp3) is 0.458. The molecule has 2 aromatic rings. The molecule has 3 rings (SSSR count). The molecular weight excluding hydrogens is 471 g/mol. The van der Waals surface area contributed by atoms with Crippen molar-refractivity contribution >= 4 is 41.5 Å². The lowest BCUT2D eigenvalue weighted by molar-refractivity contribution is -0.131. The van der Waals surface area contributed by atoms with Crippen molar-refractivity contribution in [3.05, 3.63) is 69.7 Å². The zero-order chi connectivity index (χ0) is 22.2. The van der Waals surface area contributed by atoms with E-state index >= 15 is 0 Å². The summed E-state index contributed by atoms with van der Waals surface area (Å²) in [7, 11) is 3.56. The standard InChI is InChI=1S/C24H30Cl2N2O3.ClH/c1-27(24(29)15-18-8-9-21(25)22(26)14-18)23(19-6-4-3-5-7-19)17-28-11-10-20(16-28)31-13-12-30-2;/h3-9,14,20,23H,10-13,15-17H2,1-2H3;1H/t20-,23+;/m0./s1. The maximum absolute atomic E-state index is 13.1. The van der Waals surface area contributed by atoms with Crippen LogP contribution in [-0.2, 0) is 20.7 Å². The van der Waals surface area contributed by atoms with Crippen molar-refractivity contribution in [2.24, 2.45) is 0 Å². The first-order valence-electron chi connectivity index (χ1n) is 10.6. The predicted octanol–water partition coefficient (Wildman–Crippen LogP) is 4.89. The van der Waals surface area contributed by atoms with E-state index in [1.54, 1.807) is 19.2 Å². The van der Waals surface area contributed by atoms with Crippen LogP contribution in [-0.4, -0.2) is 68.8 Å². The van der Waals surface area contributed by atoms with Gasteiger partial charge in [-0.05, 0) is 29.7 Å². The molecule has 0 radical (unpaired) electrons. The molecule has 2 aromatic carbocycles. The normalized spacial score (nSPS) is 17.1. The number of hydrogen-bond acceptors (Lipinski definition) is 4. The van der Waals surface area contributed by atoms with E-state index in [2.05, 4.69) is 17.0 Å². The van der Waals surface area contributed by atoms with Crippen LogP contribution in [0.2, 0.25) is 10.0 Å². The number of likely N-dealkylation sites (tertiary alicyclic amines) is 1. The van der Waals surface area contributed by atoms with Crippen molar-refractivity contribution in [1.82, 2.24) is 9.80 Å². The average molecular weight is 502 g/mol. The van der Waals surface area contributed by atoms with Crippen LogP contribution in [0.1, 0.15) is 23.6 Å². The Balaban J connectivity index is 0.00000363. The van der Waals surface area contributed by atoms with Crippen molar-refractivity contribution in [2.75, 3.05) is 47.0 Å². The van der Waals surface area contributed by atoms with Gasteiger partial charge in [0.05, 0.1) is 41.8 Å². The van der Waals surface area contributed by atoms with E-state index in [1.807, 2.05) is 36.2 Å². The van der Waals surface area contributed by atoms with Crippen molar-refractivity contribution in [3.8, 4) is 0 Å². The second kappa shape index (κ2) is 13.4. The number of carbonyl (C=O) groups excluding carboxylic acids is 1. The molecule has 1 heterocycles. The lowest BCUT2D eigenvalue weighted by Crippen LogP contribution is -2.39. The fourth-order valence-electron chi connectivity index (χ4n) is 3.89. The van der Waals surface area contributed by atoms with Gasteiger partial charge in [0.1, 0.15) is 0 Å². The van der Waals surface area contributed by atoms with Crippen LogP contribution in [0.3, 0.4) is 0 Å². The molecule has 5 nitrogen and oxygen atoms in total. The van der Waals surface area contributed by atoms with Gasteiger partial charge in [-0.1, -0.05) is 59.6 Å². The van der Waals surface area contributed by atoms with Crippen molar-refractivity contribution in [2.45, 2.75) is 25.0 Å². The van der Waals surface area contributed by atoms with Gasteiger partial charge in [0.2, 0.25) is 5.91 Å². The van der Waals surface area contributed by atoms with E-state index in [-0.39, 0.29) is 36.9 Å². The van der Waals surface area contributed by atoms with Crippen LogP contribution < -0.4 is 0 Å². The molecule has 32 heavy (non-hydrogen) atoms. The number of ether oxygens (including phenoxy) is 2. The number of methoxy groups -OCH3 is 1. The average Bonchev–Trinajstić information content (AvgIpc) is 3.22.